The maximum Gasteiger partial charge on any atom is 0.226 e. The molecule has 3 atom stereocenters. The molecule has 1 aromatic carbocycles. The van der Waals surface area contributed by atoms with E-state index >= 15 is 0 Å². The molecule has 1 aliphatic heterocycles. The Morgan fingerprint density at radius 1 is 1.30 bits per heavy atom. The minimum Gasteiger partial charge on any atom is -0.317 e. The fourth-order valence-corrected chi connectivity index (χ4v) is 6.33. The minimum atomic E-state index is 0.0559. The largest absolute Gasteiger partial charge is 0.317 e. The molecule has 2 unspecified atom stereocenters. The van der Waals surface area contributed by atoms with Gasteiger partial charge in [0, 0.05) is 41.5 Å². The minimum absolute atomic E-state index is 0.0559. The van der Waals surface area contributed by atoms with Crippen molar-refractivity contribution in [3.8, 4) is 10.6 Å². The summed E-state index contributed by atoms with van der Waals surface area (Å²) in [6, 6.07) is 9.35. The van der Waals surface area contributed by atoms with Gasteiger partial charge in [0.15, 0.2) is 0 Å². The highest BCUT2D eigenvalue weighted by atomic mass is 32.1. The van der Waals surface area contributed by atoms with Crippen LogP contribution < -0.4 is 16.0 Å². The molecule has 2 aromatic heterocycles. The summed E-state index contributed by atoms with van der Waals surface area (Å²) in [5.74, 6) is 0.0559. The molecule has 5 nitrogen and oxygen atoms in total. The quantitative estimate of drug-likeness (QED) is 0.462. The van der Waals surface area contributed by atoms with Crippen LogP contribution >= 0.6 is 22.7 Å². The highest BCUT2D eigenvalue weighted by Gasteiger charge is 2.30. The number of carbonyl (C=O) groups is 1. The number of benzene rings is 1. The predicted octanol–water partition coefficient (Wildman–Crippen LogP) is 5.34. The Morgan fingerprint density at radius 3 is 2.87 bits per heavy atom. The molecule has 3 heterocycles. The second-order valence-corrected chi connectivity index (χ2v) is 10.3. The zero-order valence-electron chi connectivity index (χ0n) is 18.0. The van der Waals surface area contributed by atoms with Gasteiger partial charge >= 0.3 is 0 Å². The van der Waals surface area contributed by atoms with E-state index in [4.69, 9.17) is 4.98 Å². The van der Waals surface area contributed by atoms with Crippen molar-refractivity contribution in [2.45, 2.75) is 65.1 Å². The van der Waals surface area contributed by atoms with E-state index in [-0.39, 0.29) is 11.9 Å². The molecule has 3 N–H and O–H groups in total. The van der Waals surface area contributed by atoms with Crippen LogP contribution in [0.3, 0.4) is 0 Å². The molecule has 0 spiro atoms. The molecule has 1 aliphatic rings. The van der Waals surface area contributed by atoms with Crippen LogP contribution in [0.2, 0.25) is 0 Å². The van der Waals surface area contributed by atoms with Gasteiger partial charge in [-0.25, -0.2) is 4.98 Å². The number of hydrogen-bond acceptors (Lipinski definition) is 6. The molecule has 3 aromatic rings. The Hall–Kier alpha value is -1.80. The van der Waals surface area contributed by atoms with Gasteiger partial charge < -0.3 is 16.0 Å². The van der Waals surface area contributed by atoms with Crippen molar-refractivity contribution < 1.29 is 4.79 Å². The number of carbonyl (C=O) groups excluding carboxylic acids is 1. The molecule has 0 bridgehead atoms. The monoisotopic (exact) mass is 442 g/mol. The summed E-state index contributed by atoms with van der Waals surface area (Å²) in [6.45, 7) is 9.41. The Morgan fingerprint density at radius 2 is 2.10 bits per heavy atom. The highest BCUT2D eigenvalue weighted by molar-refractivity contribution is 7.23. The molecule has 4 rings (SSSR count). The van der Waals surface area contributed by atoms with Gasteiger partial charge in [-0.3, -0.25) is 4.79 Å². The fraction of sp³-hybridized carbons (Fsp3) is 0.478. The summed E-state index contributed by atoms with van der Waals surface area (Å²) in [7, 11) is 0. The van der Waals surface area contributed by atoms with Gasteiger partial charge in [-0.05, 0) is 51.3 Å². The molecule has 0 saturated carbocycles. The van der Waals surface area contributed by atoms with E-state index in [1.807, 2.05) is 6.07 Å². The molecule has 160 valence electrons. The number of anilines is 1. The van der Waals surface area contributed by atoms with Crippen LogP contribution in [0.5, 0.6) is 0 Å². The third kappa shape index (κ3) is 4.44. The van der Waals surface area contributed by atoms with Crippen molar-refractivity contribution in [2.75, 3.05) is 11.9 Å². The van der Waals surface area contributed by atoms with Gasteiger partial charge in [0.05, 0.1) is 10.2 Å². The molecule has 0 aliphatic carbocycles. The number of aromatic nitrogens is 1. The van der Waals surface area contributed by atoms with Crippen LogP contribution in [-0.4, -0.2) is 29.5 Å². The number of amides is 1. The van der Waals surface area contributed by atoms with E-state index in [9.17, 15) is 4.79 Å². The lowest BCUT2D eigenvalue weighted by molar-refractivity contribution is -0.116. The Labute approximate surface area is 186 Å². The standard InChI is InChI=1S/C23H30N4OS2/c1-5-13(2)24-11-10-19(28)27-23-20(16-12-14(3)25-15(4)21(16)30-23)22-26-17-8-6-7-9-18(17)29-22/h6-9,13-15,24-25H,5,10-12H2,1-4H3,(H,27,28)/t13-,14?,15?/m0/s1. The van der Waals surface area contributed by atoms with Crippen molar-refractivity contribution in [1.29, 1.82) is 0 Å². The van der Waals surface area contributed by atoms with E-state index in [0.717, 1.165) is 33.9 Å². The van der Waals surface area contributed by atoms with Crippen LogP contribution in [0.25, 0.3) is 20.8 Å². The normalized spacial score (nSPS) is 19.6. The first-order valence-corrected chi connectivity index (χ1v) is 12.4. The first kappa shape index (κ1) is 21.4. The zero-order valence-corrected chi connectivity index (χ0v) is 19.7. The molecule has 30 heavy (non-hydrogen) atoms. The first-order valence-electron chi connectivity index (χ1n) is 10.8. The molecule has 7 heteroatoms. The third-order valence-electron chi connectivity index (χ3n) is 5.69. The third-order valence-corrected chi connectivity index (χ3v) is 8.08. The van der Waals surface area contributed by atoms with Crippen molar-refractivity contribution in [3.63, 3.8) is 0 Å². The molecular formula is C23H30N4OS2. The summed E-state index contributed by atoms with van der Waals surface area (Å²) in [6.07, 6.45) is 2.48. The van der Waals surface area contributed by atoms with Gasteiger partial charge in [-0.2, -0.15) is 0 Å². The molecule has 1 amide bonds. The van der Waals surface area contributed by atoms with Gasteiger partial charge in [0.1, 0.15) is 10.0 Å². The number of hydrogen-bond donors (Lipinski definition) is 3. The van der Waals surface area contributed by atoms with Crippen LogP contribution in [0.15, 0.2) is 24.3 Å². The second-order valence-electron chi connectivity index (χ2n) is 8.19. The zero-order chi connectivity index (χ0) is 21.3. The average molecular weight is 443 g/mol. The van der Waals surface area contributed by atoms with Crippen molar-refractivity contribution >= 4 is 43.8 Å². The Bertz CT molecular complexity index is 1010. The number of rotatable bonds is 7. The lowest BCUT2D eigenvalue weighted by atomic mass is 9.95. The molecule has 0 saturated heterocycles. The smallest absolute Gasteiger partial charge is 0.226 e. The van der Waals surface area contributed by atoms with E-state index in [2.05, 4.69) is 61.8 Å². The van der Waals surface area contributed by atoms with Gasteiger partial charge in [0.2, 0.25) is 5.91 Å². The van der Waals surface area contributed by atoms with Gasteiger partial charge in [-0.15, -0.1) is 22.7 Å². The Balaban J connectivity index is 1.66. The fourth-order valence-electron chi connectivity index (χ4n) is 3.96. The number of nitrogens with one attached hydrogen (secondary N) is 3. The van der Waals surface area contributed by atoms with Crippen LogP contribution in [0, 0.1) is 0 Å². The summed E-state index contributed by atoms with van der Waals surface area (Å²) in [4.78, 5) is 19.0. The maximum absolute atomic E-state index is 12.7. The molecule has 0 fully saturated rings. The topological polar surface area (TPSA) is 66.0 Å². The lowest BCUT2D eigenvalue weighted by Gasteiger charge is -2.26. The summed E-state index contributed by atoms with van der Waals surface area (Å²) in [5.41, 5.74) is 3.48. The summed E-state index contributed by atoms with van der Waals surface area (Å²) in [5, 5.41) is 12.2. The number of thiophene rings is 1. The first-order chi connectivity index (χ1) is 14.5. The lowest BCUT2D eigenvalue weighted by Crippen LogP contribution is -2.35. The van der Waals surface area contributed by atoms with Crippen molar-refractivity contribution in [1.82, 2.24) is 15.6 Å². The van der Waals surface area contributed by atoms with Crippen LogP contribution in [0.1, 0.15) is 57.0 Å². The molecule has 0 radical (unpaired) electrons. The number of nitrogens with zero attached hydrogens (tertiary/aromatic N) is 1. The average Bonchev–Trinajstić information content (AvgIpc) is 3.28. The number of para-hydroxylation sites is 1. The predicted molar refractivity (Wildman–Crippen MR) is 129 cm³/mol. The second kappa shape index (κ2) is 9.14. The highest BCUT2D eigenvalue weighted by Crippen LogP contribution is 2.47. The van der Waals surface area contributed by atoms with E-state index < -0.39 is 0 Å². The summed E-state index contributed by atoms with van der Waals surface area (Å²) >= 11 is 3.41. The van der Waals surface area contributed by atoms with Crippen molar-refractivity contribution in [2.24, 2.45) is 0 Å². The summed E-state index contributed by atoms with van der Waals surface area (Å²) < 4.78 is 1.18. The Kier molecular flexibility index (Phi) is 6.53. The van der Waals surface area contributed by atoms with E-state index in [1.165, 1.54) is 15.1 Å². The van der Waals surface area contributed by atoms with Crippen LogP contribution in [-0.2, 0) is 11.2 Å². The van der Waals surface area contributed by atoms with Crippen molar-refractivity contribution in [3.05, 3.63) is 34.7 Å². The number of thiazole rings is 1. The molecular weight excluding hydrogens is 412 g/mol. The maximum atomic E-state index is 12.7. The van der Waals surface area contributed by atoms with Gasteiger partial charge in [0.25, 0.3) is 0 Å². The van der Waals surface area contributed by atoms with Gasteiger partial charge in [-0.1, -0.05) is 19.1 Å². The number of fused-ring (bicyclic) bond motifs is 2. The van der Waals surface area contributed by atoms with E-state index in [1.54, 1.807) is 22.7 Å². The SMILES string of the molecule is CC[C@H](C)NCCC(=O)Nc1sc2c(c1-c1nc3ccccc3s1)CC(C)NC2C. The van der Waals surface area contributed by atoms with Crippen LogP contribution in [0.4, 0.5) is 5.00 Å². The van der Waals surface area contributed by atoms with E-state index in [0.29, 0.717) is 25.0 Å².